The summed E-state index contributed by atoms with van der Waals surface area (Å²) in [7, 11) is 0. The van der Waals surface area contributed by atoms with E-state index in [1.165, 1.54) is 13.8 Å². The number of rotatable bonds is 2. The van der Waals surface area contributed by atoms with Crippen LogP contribution >= 0.6 is 0 Å². The van der Waals surface area contributed by atoms with E-state index in [4.69, 9.17) is 14.2 Å². The standard InChI is InChI=1S/C19H16O5/c1-8(20)22-16-10-5-3-4-6-11(10)17(23-9(2)21)15-13-7-12(14(15)16)18-19(13)24-18/h3-6,12-13,18-19H,7H2,1-2H3/t12-,13+,18+,19-. The van der Waals surface area contributed by atoms with Crippen molar-refractivity contribution in [2.24, 2.45) is 0 Å². The Labute approximate surface area is 138 Å². The Bertz CT molecular complexity index is 843. The van der Waals surface area contributed by atoms with Gasteiger partial charge in [-0.05, 0) is 6.42 Å². The Hall–Kier alpha value is -2.40. The number of ether oxygens (including phenoxy) is 3. The van der Waals surface area contributed by atoms with Gasteiger partial charge < -0.3 is 14.2 Å². The number of fused-ring (bicyclic) bond motifs is 9. The first-order valence-corrected chi connectivity index (χ1v) is 8.17. The van der Waals surface area contributed by atoms with Crippen molar-refractivity contribution in [3.05, 3.63) is 35.4 Å². The molecule has 0 amide bonds. The van der Waals surface area contributed by atoms with Crippen LogP contribution in [0.25, 0.3) is 10.8 Å². The van der Waals surface area contributed by atoms with Crippen molar-refractivity contribution in [2.45, 2.75) is 44.3 Å². The van der Waals surface area contributed by atoms with E-state index in [-0.39, 0.29) is 36.0 Å². The maximum absolute atomic E-state index is 11.7. The van der Waals surface area contributed by atoms with Gasteiger partial charge in [-0.1, -0.05) is 24.3 Å². The number of carbonyl (C=O) groups excluding carboxylic acids is 2. The highest BCUT2D eigenvalue weighted by Gasteiger charge is 2.64. The van der Waals surface area contributed by atoms with Crippen molar-refractivity contribution < 1.29 is 23.8 Å². The minimum absolute atomic E-state index is 0.211. The number of hydrogen-bond donors (Lipinski definition) is 0. The lowest BCUT2D eigenvalue weighted by Crippen LogP contribution is -2.15. The van der Waals surface area contributed by atoms with Crippen LogP contribution in [0.2, 0.25) is 0 Å². The normalized spacial score (nSPS) is 28.4. The van der Waals surface area contributed by atoms with Crippen LogP contribution in [0.5, 0.6) is 11.5 Å². The minimum atomic E-state index is -0.348. The van der Waals surface area contributed by atoms with E-state index in [9.17, 15) is 9.59 Å². The third-order valence-electron chi connectivity index (χ3n) is 5.29. The van der Waals surface area contributed by atoms with Gasteiger partial charge in [0.25, 0.3) is 0 Å². The zero-order valence-electron chi connectivity index (χ0n) is 13.4. The monoisotopic (exact) mass is 324 g/mol. The van der Waals surface area contributed by atoms with Crippen LogP contribution in [0.1, 0.15) is 43.2 Å². The van der Waals surface area contributed by atoms with Crippen molar-refractivity contribution in [1.82, 2.24) is 0 Å². The molecule has 4 atom stereocenters. The van der Waals surface area contributed by atoms with Gasteiger partial charge in [-0.15, -0.1) is 0 Å². The summed E-state index contributed by atoms with van der Waals surface area (Å²) in [5, 5.41) is 1.60. The van der Waals surface area contributed by atoms with Crippen LogP contribution in [-0.2, 0) is 14.3 Å². The smallest absolute Gasteiger partial charge is 0.308 e. The molecule has 0 aromatic heterocycles. The van der Waals surface area contributed by atoms with Gasteiger partial charge in [-0.25, -0.2) is 0 Å². The molecule has 0 N–H and O–H groups in total. The number of epoxide rings is 1. The Balaban J connectivity index is 1.86. The largest absolute Gasteiger partial charge is 0.426 e. The summed E-state index contributed by atoms with van der Waals surface area (Å²) in [5.41, 5.74) is 1.98. The molecule has 2 bridgehead atoms. The molecule has 3 aliphatic rings. The molecular formula is C19H16O5. The first-order chi connectivity index (χ1) is 11.6. The quantitative estimate of drug-likeness (QED) is 0.482. The first-order valence-electron chi connectivity index (χ1n) is 8.17. The van der Waals surface area contributed by atoms with Crippen LogP contribution in [0.3, 0.4) is 0 Å². The first kappa shape index (κ1) is 14.0. The second-order valence-corrected chi connectivity index (χ2v) is 6.73. The fraction of sp³-hybridized carbons (Fsp3) is 0.368. The highest BCUT2D eigenvalue weighted by Crippen LogP contribution is 2.67. The van der Waals surface area contributed by atoms with E-state index < -0.39 is 0 Å². The second kappa shape index (κ2) is 4.57. The van der Waals surface area contributed by atoms with Crippen LogP contribution in [0.15, 0.2) is 24.3 Å². The Morgan fingerprint density at radius 3 is 1.79 bits per heavy atom. The van der Waals surface area contributed by atoms with Crippen LogP contribution in [-0.4, -0.2) is 24.1 Å². The van der Waals surface area contributed by atoms with Crippen molar-refractivity contribution >= 4 is 22.7 Å². The summed E-state index contributed by atoms with van der Waals surface area (Å²) < 4.78 is 17.0. The summed E-state index contributed by atoms with van der Waals surface area (Å²) in [4.78, 5) is 23.4. The van der Waals surface area contributed by atoms with Crippen LogP contribution < -0.4 is 9.47 Å². The minimum Gasteiger partial charge on any atom is -0.426 e. The van der Waals surface area contributed by atoms with Gasteiger partial charge in [0.1, 0.15) is 11.5 Å². The number of esters is 2. The zero-order valence-corrected chi connectivity index (χ0v) is 13.4. The predicted octanol–water partition coefficient (Wildman–Crippen LogP) is 3.04. The van der Waals surface area contributed by atoms with Gasteiger partial charge >= 0.3 is 11.9 Å². The molecule has 1 saturated heterocycles. The summed E-state index contributed by atoms with van der Waals surface area (Å²) in [6.07, 6.45) is 1.38. The Morgan fingerprint density at radius 1 is 0.917 bits per heavy atom. The van der Waals surface area contributed by atoms with E-state index in [0.717, 1.165) is 28.3 Å². The molecule has 2 aliphatic carbocycles. The fourth-order valence-electron chi connectivity index (χ4n) is 4.55. The average Bonchev–Trinajstić information content (AvgIpc) is 3.15. The third-order valence-corrected chi connectivity index (χ3v) is 5.29. The van der Waals surface area contributed by atoms with Crippen molar-refractivity contribution in [3.8, 4) is 11.5 Å². The predicted molar refractivity (Wildman–Crippen MR) is 85.3 cm³/mol. The van der Waals surface area contributed by atoms with Crippen LogP contribution in [0.4, 0.5) is 0 Å². The molecule has 1 saturated carbocycles. The summed E-state index contributed by atoms with van der Waals surface area (Å²) in [6, 6.07) is 7.59. The molecule has 24 heavy (non-hydrogen) atoms. The molecule has 2 fully saturated rings. The molecule has 2 aromatic rings. The molecule has 1 heterocycles. The average molecular weight is 324 g/mol. The lowest BCUT2D eigenvalue weighted by molar-refractivity contribution is -0.133. The van der Waals surface area contributed by atoms with Gasteiger partial charge in [0.15, 0.2) is 0 Å². The van der Waals surface area contributed by atoms with Crippen molar-refractivity contribution in [1.29, 1.82) is 0 Å². The SMILES string of the molecule is CC(=O)Oc1c2c(c(OC(C)=O)c3ccccc13)[C@@H]1C[C@H]2[C@@H]2O[C@@H]21. The van der Waals surface area contributed by atoms with E-state index in [1.807, 2.05) is 24.3 Å². The molecule has 0 radical (unpaired) electrons. The maximum Gasteiger partial charge on any atom is 0.308 e. The molecule has 2 aromatic carbocycles. The zero-order chi connectivity index (χ0) is 16.6. The Kier molecular flexibility index (Phi) is 2.66. The highest BCUT2D eigenvalue weighted by molar-refractivity contribution is 5.99. The highest BCUT2D eigenvalue weighted by atomic mass is 16.6. The van der Waals surface area contributed by atoms with E-state index in [0.29, 0.717) is 11.5 Å². The molecule has 0 spiro atoms. The van der Waals surface area contributed by atoms with E-state index in [1.54, 1.807) is 0 Å². The van der Waals surface area contributed by atoms with Gasteiger partial charge in [0.2, 0.25) is 0 Å². The molecule has 5 rings (SSSR count). The molecule has 5 heteroatoms. The van der Waals surface area contributed by atoms with Gasteiger partial charge in [0.05, 0.1) is 12.2 Å². The number of carbonyl (C=O) groups is 2. The molecule has 1 aliphatic heterocycles. The lowest BCUT2D eigenvalue weighted by atomic mass is 9.87. The molecule has 5 nitrogen and oxygen atoms in total. The van der Waals surface area contributed by atoms with Crippen molar-refractivity contribution in [2.75, 3.05) is 0 Å². The maximum atomic E-state index is 11.7. The summed E-state index contributed by atoms with van der Waals surface area (Å²) in [6.45, 7) is 2.82. The summed E-state index contributed by atoms with van der Waals surface area (Å²) in [5.74, 6) is 0.930. The van der Waals surface area contributed by atoms with Gasteiger partial charge in [-0.3, -0.25) is 9.59 Å². The Morgan fingerprint density at radius 2 is 1.38 bits per heavy atom. The second-order valence-electron chi connectivity index (χ2n) is 6.73. The van der Waals surface area contributed by atoms with Gasteiger partial charge in [0, 0.05) is 47.6 Å². The third kappa shape index (κ3) is 1.73. The topological polar surface area (TPSA) is 65.1 Å². The number of hydrogen-bond acceptors (Lipinski definition) is 5. The van der Waals surface area contributed by atoms with E-state index in [2.05, 4.69) is 0 Å². The van der Waals surface area contributed by atoms with Crippen LogP contribution in [0, 0.1) is 0 Å². The fourth-order valence-corrected chi connectivity index (χ4v) is 4.55. The molecule has 0 unspecified atom stereocenters. The van der Waals surface area contributed by atoms with E-state index >= 15 is 0 Å². The molecule has 122 valence electrons. The van der Waals surface area contributed by atoms with Gasteiger partial charge in [-0.2, -0.15) is 0 Å². The van der Waals surface area contributed by atoms with Crippen molar-refractivity contribution in [3.63, 3.8) is 0 Å². The number of benzene rings is 2. The summed E-state index contributed by atoms with van der Waals surface area (Å²) >= 11 is 0. The molecular weight excluding hydrogens is 308 g/mol. The lowest BCUT2D eigenvalue weighted by Gasteiger charge is -2.22.